The van der Waals surface area contributed by atoms with Crippen molar-refractivity contribution < 1.29 is 4.74 Å². The highest BCUT2D eigenvalue weighted by molar-refractivity contribution is 5.65. The third-order valence-electron chi connectivity index (χ3n) is 6.09. The lowest BCUT2D eigenvalue weighted by Crippen LogP contribution is -2.46. The molecule has 0 atom stereocenters. The molecule has 33 heavy (non-hydrogen) atoms. The number of nitrogens with one attached hydrogen (secondary N) is 1. The fourth-order valence-electron chi connectivity index (χ4n) is 4.24. The van der Waals surface area contributed by atoms with Crippen LogP contribution in [0, 0.1) is 0 Å². The Hall–Kier alpha value is -3.65. The molecule has 170 valence electrons. The highest BCUT2D eigenvalue weighted by Gasteiger charge is 2.17. The predicted octanol–water partition coefficient (Wildman–Crippen LogP) is 3.42. The van der Waals surface area contributed by atoms with E-state index < -0.39 is 0 Å². The summed E-state index contributed by atoms with van der Waals surface area (Å²) in [6, 6.07) is 20.6. The van der Waals surface area contributed by atoms with Crippen LogP contribution in [0.4, 0.5) is 11.5 Å². The third-order valence-corrected chi connectivity index (χ3v) is 6.09. The van der Waals surface area contributed by atoms with E-state index >= 15 is 0 Å². The molecule has 1 aliphatic rings. The van der Waals surface area contributed by atoms with E-state index in [1.165, 1.54) is 5.69 Å². The highest BCUT2D eigenvalue weighted by atomic mass is 16.5. The van der Waals surface area contributed by atoms with Crippen LogP contribution >= 0.6 is 0 Å². The number of hydrogen-bond acceptors (Lipinski definition) is 7. The fourth-order valence-corrected chi connectivity index (χ4v) is 4.24. The Morgan fingerprint density at radius 3 is 2.52 bits per heavy atom. The Morgan fingerprint density at radius 2 is 1.76 bits per heavy atom. The molecule has 1 saturated heterocycles. The van der Waals surface area contributed by atoms with Crippen LogP contribution < -0.4 is 15.0 Å². The maximum absolute atomic E-state index is 5.26. The number of methoxy groups -OCH3 is 1. The molecule has 1 N–H and O–H groups in total. The van der Waals surface area contributed by atoms with Gasteiger partial charge in [0.05, 0.1) is 12.8 Å². The van der Waals surface area contributed by atoms with Crippen molar-refractivity contribution in [3.63, 3.8) is 0 Å². The lowest BCUT2D eigenvalue weighted by Gasteiger charge is -2.36. The van der Waals surface area contributed by atoms with Gasteiger partial charge in [0, 0.05) is 50.0 Å². The number of nitrogens with zero attached hydrogens (tertiary/aromatic N) is 6. The van der Waals surface area contributed by atoms with E-state index in [4.69, 9.17) is 4.74 Å². The second-order valence-corrected chi connectivity index (χ2v) is 8.17. The molecule has 0 aliphatic carbocycles. The summed E-state index contributed by atoms with van der Waals surface area (Å²) in [6.07, 6.45) is 2.60. The standard InChI is InChI=1S/C25H29N7O/c1-33-22-10-8-21(9-11-22)31-16-14-30(15-17-31)13-5-12-26-24-18-23(20-6-3-2-4-7-20)29-25-27-19-28-32(24)25/h2-4,6-11,18-19,26H,5,12-17H2,1H3. The molecule has 1 fully saturated rings. The van der Waals surface area contributed by atoms with E-state index in [0.29, 0.717) is 5.78 Å². The fraction of sp³-hybridized carbons (Fsp3) is 0.320. The van der Waals surface area contributed by atoms with Gasteiger partial charge in [-0.15, -0.1) is 0 Å². The maximum Gasteiger partial charge on any atom is 0.254 e. The molecular formula is C25H29N7O. The van der Waals surface area contributed by atoms with E-state index in [0.717, 1.165) is 68.5 Å². The minimum Gasteiger partial charge on any atom is -0.497 e. The average Bonchev–Trinajstić information content (AvgIpc) is 3.36. The van der Waals surface area contributed by atoms with Crippen molar-refractivity contribution in [3.8, 4) is 17.0 Å². The number of fused-ring (bicyclic) bond motifs is 1. The molecule has 2 aromatic carbocycles. The van der Waals surface area contributed by atoms with Crippen LogP contribution in [0.15, 0.2) is 67.0 Å². The van der Waals surface area contributed by atoms with Crippen LogP contribution in [0.1, 0.15) is 6.42 Å². The first-order chi connectivity index (χ1) is 16.3. The SMILES string of the molecule is COc1ccc(N2CCN(CCCNc3cc(-c4ccccc4)nc4ncnn34)CC2)cc1. The van der Waals surface area contributed by atoms with Gasteiger partial charge in [0.2, 0.25) is 0 Å². The molecule has 0 amide bonds. The molecule has 0 saturated carbocycles. The summed E-state index contributed by atoms with van der Waals surface area (Å²) >= 11 is 0. The first kappa shape index (κ1) is 21.2. The van der Waals surface area contributed by atoms with Gasteiger partial charge >= 0.3 is 0 Å². The molecule has 0 radical (unpaired) electrons. The number of hydrogen-bond donors (Lipinski definition) is 1. The van der Waals surface area contributed by atoms with Gasteiger partial charge in [-0.05, 0) is 37.2 Å². The highest BCUT2D eigenvalue weighted by Crippen LogP contribution is 2.22. The van der Waals surface area contributed by atoms with Gasteiger partial charge in [-0.25, -0.2) is 4.98 Å². The zero-order chi connectivity index (χ0) is 22.5. The van der Waals surface area contributed by atoms with Gasteiger partial charge in [-0.2, -0.15) is 14.6 Å². The van der Waals surface area contributed by atoms with Crippen LogP contribution in [0.2, 0.25) is 0 Å². The van der Waals surface area contributed by atoms with E-state index in [1.54, 1.807) is 18.0 Å². The normalized spacial score (nSPS) is 14.5. The average molecular weight is 444 g/mol. The molecular weight excluding hydrogens is 414 g/mol. The van der Waals surface area contributed by atoms with Gasteiger partial charge in [-0.3, -0.25) is 4.90 Å². The van der Waals surface area contributed by atoms with Crippen molar-refractivity contribution in [3.05, 3.63) is 67.0 Å². The lowest BCUT2D eigenvalue weighted by atomic mass is 10.1. The summed E-state index contributed by atoms with van der Waals surface area (Å²) in [5.74, 6) is 2.42. The molecule has 0 bridgehead atoms. The number of anilines is 2. The first-order valence-corrected chi connectivity index (χ1v) is 11.4. The van der Waals surface area contributed by atoms with E-state index in [-0.39, 0.29) is 0 Å². The molecule has 8 heteroatoms. The maximum atomic E-state index is 5.26. The van der Waals surface area contributed by atoms with Gasteiger partial charge in [0.1, 0.15) is 17.9 Å². The van der Waals surface area contributed by atoms with Crippen LogP contribution in [-0.4, -0.2) is 70.9 Å². The van der Waals surface area contributed by atoms with Crippen molar-refractivity contribution in [2.45, 2.75) is 6.42 Å². The van der Waals surface area contributed by atoms with Crippen molar-refractivity contribution in [2.75, 3.05) is 56.6 Å². The predicted molar refractivity (Wildman–Crippen MR) is 131 cm³/mol. The van der Waals surface area contributed by atoms with Gasteiger partial charge in [0.25, 0.3) is 5.78 Å². The smallest absolute Gasteiger partial charge is 0.254 e. The molecule has 8 nitrogen and oxygen atoms in total. The minimum absolute atomic E-state index is 0.605. The summed E-state index contributed by atoms with van der Waals surface area (Å²) in [6.45, 7) is 6.18. The third kappa shape index (κ3) is 4.90. The van der Waals surface area contributed by atoms with Gasteiger partial charge < -0.3 is 15.0 Å². The topological polar surface area (TPSA) is 70.8 Å². The van der Waals surface area contributed by atoms with Crippen molar-refractivity contribution >= 4 is 17.3 Å². The van der Waals surface area contributed by atoms with E-state index in [9.17, 15) is 0 Å². The summed E-state index contributed by atoms with van der Waals surface area (Å²) < 4.78 is 7.03. The largest absolute Gasteiger partial charge is 0.497 e. The second-order valence-electron chi connectivity index (χ2n) is 8.17. The zero-order valence-corrected chi connectivity index (χ0v) is 18.9. The van der Waals surface area contributed by atoms with Crippen molar-refractivity contribution in [1.29, 1.82) is 0 Å². The number of rotatable bonds is 8. The molecule has 0 unspecified atom stereocenters. The molecule has 1 aliphatic heterocycles. The number of ether oxygens (including phenoxy) is 1. The molecule has 4 aromatic rings. The van der Waals surface area contributed by atoms with E-state index in [1.807, 2.05) is 36.4 Å². The summed E-state index contributed by atoms with van der Waals surface area (Å²) in [5, 5.41) is 7.87. The first-order valence-electron chi connectivity index (χ1n) is 11.4. The molecule has 0 spiro atoms. The Labute approximate surface area is 193 Å². The monoisotopic (exact) mass is 443 g/mol. The molecule has 2 aromatic heterocycles. The van der Waals surface area contributed by atoms with Gasteiger partial charge in [-0.1, -0.05) is 30.3 Å². The Balaban J connectivity index is 1.13. The summed E-state index contributed by atoms with van der Waals surface area (Å²) in [4.78, 5) is 13.9. The Bertz CT molecular complexity index is 1170. The quantitative estimate of drug-likeness (QED) is 0.419. The lowest BCUT2D eigenvalue weighted by molar-refractivity contribution is 0.257. The van der Waals surface area contributed by atoms with E-state index in [2.05, 4.69) is 54.4 Å². The minimum atomic E-state index is 0.605. The van der Waals surface area contributed by atoms with Crippen LogP contribution in [0.5, 0.6) is 5.75 Å². The van der Waals surface area contributed by atoms with Crippen molar-refractivity contribution in [1.82, 2.24) is 24.5 Å². The second kappa shape index (κ2) is 9.87. The summed E-state index contributed by atoms with van der Waals surface area (Å²) in [7, 11) is 1.70. The van der Waals surface area contributed by atoms with Crippen LogP contribution in [0.3, 0.4) is 0 Å². The van der Waals surface area contributed by atoms with Crippen LogP contribution in [-0.2, 0) is 0 Å². The van der Waals surface area contributed by atoms with Gasteiger partial charge in [0.15, 0.2) is 0 Å². The Morgan fingerprint density at radius 1 is 0.970 bits per heavy atom. The number of piperazine rings is 1. The van der Waals surface area contributed by atoms with Crippen LogP contribution in [0.25, 0.3) is 17.0 Å². The number of benzene rings is 2. The van der Waals surface area contributed by atoms with Crippen molar-refractivity contribution in [2.24, 2.45) is 0 Å². The molecule has 5 rings (SSSR count). The zero-order valence-electron chi connectivity index (χ0n) is 18.9. The molecule has 3 heterocycles. The number of aromatic nitrogens is 4. The Kier molecular flexibility index (Phi) is 6.34. The summed E-state index contributed by atoms with van der Waals surface area (Å²) in [5.41, 5.74) is 3.23.